The van der Waals surface area contributed by atoms with E-state index in [0.717, 1.165) is 78.1 Å². The molecule has 0 saturated carbocycles. The normalized spacial score (nSPS) is 11.8. The summed E-state index contributed by atoms with van der Waals surface area (Å²) in [6.45, 7) is 7.86. The number of ether oxygens (including phenoxy) is 1. The van der Waals surface area contributed by atoms with Gasteiger partial charge < -0.3 is 19.2 Å². The van der Waals surface area contributed by atoms with Crippen molar-refractivity contribution in [2.75, 3.05) is 7.11 Å². The van der Waals surface area contributed by atoms with E-state index in [-0.39, 0.29) is 0 Å². The summed E-state index contributed by atoms with van der Waals surface area (Å²) in [6.07, 6.45) is 0. The second kappa shape index (κ2) is 6.93. The third-order valence-corrected chi connectivity index (χ3v) is 6.32. The summed E-state index contributed by atoms with van der Waals surface area (Å²) in [5, 5.41) is 7.25. The largest absolute Gasteiger partial charge is 0.496 e. The van der Waals surface area contributed by atoms with Gasteiger partial charge in [-0.2, -0.15) is 0 Å². The lowest BCUT2D eigenvalue weighted by Crippen LogP contribution is -1.94. The first kappa shape index (κ1) is 19.5. The van der Waals surface area contributed by atoms with Gasteiger partial charge in [-0.3, -0.25) is 0 Å². The molecular formula is C26H23N5O2. The molecule has 4 heterocycles. The van der Waals surface area contributed by atoms with Crippen molar-refractivity contribution in [2.45, 2.75) is 27.7 Å². The summed E-state index contributed by atoms with van der Waals surface area (Å²) in [6, 6.07) is 12.5. The van der Waals surface area contributed by atoms with E-state index >= 15 is 0 Å². The average molecular weight is 438 g/mol. The number of nitrogens with zero attached hydrogens (tertiary/aromatic N) is 3. The number of nitrogens with one attached hydrogen (secondary N) is 2. The van der Waals surface area contributed by atoms with Gasteiger partial charge >= 0.3 is 0 Å². The SMILES string of the molecule is COc1cc2c(cc1-c1c(C)noc1C)[nH]c1nc(C)nc(-c3c(C)[nH]c4ccccc34)c12. The molecule has 0 unspecified atom stereocenters. The maximum atomic E-state index is 5.82. The smallest absolute Gasteiger partial charge is 0.142 e. The molecule has 2 N–H and O–H groups in total. The Bertz CT molecular complexity index is 1680. The van der Waals surface area contributed by atoms with E-state index in [0.29, 0.717) is 5.82 Å². The fraction of sp³-hybridized carbons (Fsp3) is 0.192. The van der Waals surface area contributed by atoms with Crippen LogP contribution < -0.4 is 4.74 Å². The number of fused-ring (bicyclic) bond motifs is 4. The third-order valence-electron chi connectivity index (χ3n) is 6.32. The molecule has 164 valence electrons. The van der Waals surface area contributed by atoms with Gasteiger partial charge in [-0.25, -0.2) is 9.97 Å². The Kier molecular flexibility index (Phi) is 4.11. The molecule has 6 aromatic rings. The molecule has 0 saturated heterocycles. The van der Waals surface area contributed by atoms with Crippen LogP contribution in [0, 0.1) is 27.7 Å². The van der Waals surface area contributed by atoms with E-state index in [1.54, 1.807) is 7.11 Å². The van der Waals surface area contributed by atoms with Crippen LogP contribution in [-0.2, 0) is 0 Å². The van der Waals surface area contributed by atoms with Gasteiger partial charge in [0.2, 0.25) is 0 Å². The molecule has 0 amide bonds. The van der Waals surface area contributed by atoms with E-state index in [1.807, 2.05) is 26.8 Å². The summed E-state index contributed by atoms with van der Waals surface area (Å²) in [4.78, 5) is 16.7. The molecule has 33 heavy (non-hydrogen) atoms. The number of methoxy groups -OCH3 is 1. The first-order valence-electron chi connectivity index (χ1n) is 10.8. The van der Waals surface area contributed by atoms with Gasteiger partial charge in [0.15, 0.2) is 0 Å². The van der Waals surface area contributed by atoms with E-state index < -0.39 is 0 Å². The highest BCUT2D eigenvalue weighted by Crippen LogP contribution is 2.42. The van der Waals surface area contributed by atoms with Crippen molar-refractivity contribution in [1.82, 2.24) is 25.1 Å². The minimum atomic E-state index is 0.714. The number of benzene rings is 2. The summed E-state index contributed by atoms with van der Waals surface area (Å²) in [7, 11) is 1.68. The van der Waals surface area contributed by atoms with E-state index in [2.05, 4.69) is 52.4 Å². The van der Waals surface area contributed by atoms with Crippen LogP contribution in [-0.4, -0.2) is 32.2 Å². The Morgan fingerprint density at radius 1 is 0.879 bits per heavy atom. The van der Waals surface area contributed by atoms with Crippen LogP contribution in [0.1, 0.15) is 23.0 Å². The zero-order valence-electron chi connectivity index (χ0n) is 19.1. The fourth-order valence-corrected chi connectivity index (χ4v) is 4.93. The van der Waals surface area contributed by atoms with Crippen LogP contribution in [0.3, 0.4) is 0 Å². The lowest BCUT2D eigenvalue weighted by atomic mass is 9.99. The molecule has 7 nitrogen and oxygen atoms in total. The molecule has 0 atom stereocenters. The quantitative estimate of drug-likeness (QED) is 0.346. The summed E-state index contributed by atoms with van der Waals surface area (Å²) in [5.41, 5.74) is 8.63. The molecule has 0 aliphatic rings. The Morgan fingerprint density at radius 2 is 1.70 bits per heavy atom. The lowest BCUT2D eigenvalue weighted by molar-refractivity contribution is 0.393. The number of aromatic amines is 2. The number of aromatic nitrogens is 5. The first-order valence-corrected chi connectivity index (χ1v) is 10.8. The highest BCUT2D eigenvalue weighted by Gasteiger charge is 2.22. The first-order chi connectivity index (χ1) is 16.0. The Balaban J connectivity index is 1.72. The topological polar surface area (TPSA) is 92.6 Å². The number of hydrogen-bond acceptors (Lipinski definition) is 5. The van der Waals surface area contributed by atoms with Crippen LogP contribution >= 0.6 is 0 Å². The molecule has 7 heteroatoms. The third kappa shape index (κ3) is 2.78. The van der Waals surface area contributed by atoms with Crippen molar-refractivity contribution in [2.24, 2.45) is 0 Å². The summed E-state index contributed by atoms with van der Waals surface area (Å²) in [5.74, 6) is 2.22. The lowest BCUT2D eigenvalue weighted by Gasteiger charge is -2.10. The summed E-state index contributed by atoms with van der Waals surface area (Å²) >= 11 is 0. The highest BCUT2D eigenvalue weighted by molar-refractivity contribution is 6.16. The van der Waals surface area contributed by atoms with Crippen molar-refractivity contribution in [3.8, 4) is 28.1 Å². The molecule has 0 aliphatic heterocycles. The number of hydrogen-bond donors (Lipinski definition) is 2. The van der Waals surface area contributed by atoms with Gasteiger partial charge in [0, 0.05) is 38.6 Å². The minimum absolute atomic E-state index is 0.714. The number of aryl methyl sites for hydroxylation is 4. The van der Waals surface area contributed by atoms with Gasteiger partial charge in [-0.15, -0.1) is 0 Å². The van der Waals surface area contributed by atoms with Gasteiger partial charge in [-0.05, 0) is 45.9 Å². The zero-order chi connectivity index (χ0) is 22.9. The second-order valence-electron chi connectivity index (χ2n) is 8.44. The predicted molar refractivity (Wildman–Crippen MR) is 130 cm³/mol. The zero-order valence-corrected chi connectivity index (χ0v) is 19.1. The average Bonchev–Trinajstić information content (AvgIpc) is 3.43. The van der Waals surface area contributed by atoms with Gasteiger partial charge in [-0.1, -0.05) is 23.4 Å². The standard InChI is InChI=1S/C26H23N5O2/c1-12-23(16-8-6-7-9-19(16)27-12)25-24-17-11-21(32-5)18(22-13(2)31-33-14(22)3)10-20(17)30-26(24)29-15(4)28-25/h6-11,27H,1-5H3,(H,28,29,30). The molecule has 0 radical (unpaired) electrons. The Morgan fingerprint density at radius 3 is 2.45 bits per heavy atom. The Hall–Kier alpha value is -4.13. The van der Waals surface area contributed by atoms with Gasteiger partial charge in [0.1, 0.15) is 23.0 Å². The van der Waals surface area contributed by atoms with Gasteiger partial charge in [0.25, 0.3) is 0 Å². The van der Waals surface area contributed by atoms with Crippen molar-refractivity contribution in [1.29, 1.82) is 0 Å². The van der Waals surface area contributed by atoms with E-state index in [4.69, 9.17) is 19.2 Å². The number of H-pyrrole nitrogens is 2. The van der Waals surface area contributed by atoms with Crippen molar-refractivity contribution >= 4 is 32.8 Å². The minimum Gasteiger partial charge on any atom is -0.496 e. The predicted octanol–water partition coefficient (Wildman–Crippen LogP) is 6.16. The molecule has 4 aromatic heterocycles. The van der Waals surface area contributed by atoms with Crippen molar-refractivity contribution < 1.29 is 9.26 Å². The van der Waals surface area contributed by atoms with Crippen molar-refractivity contribution in [3.05, 3.63) is 59.4 Å². The van der Waals surface area contributed by atoms with Crippen LogP contribution in [0.4, 0.5) is 0 Å². The van der Waals surface area contributed by atoms with Crippen LogP contribution in [0.15, 0.2) is 40.9 Å². The Labute approximate surface area is 189 Å². The summed E-state index contributed by atoms with van der Waals surface area (Å²) < 4.78 is 11.2. The molecule has 2 aromatic carbocycles. The van der Waals surface area contributed by atoms with Crippen LogP contribution in [0.5, 0.6) is 5.75 Å². The highest BCUT2D eigenvalue weighted by atomic mass is 16.5. The molecule has 0 bridgehead atoms. The molecule has 0 fully saturated rings. The fourth-order valence-electron chi connectivity index (χ4n) is 4.93. The number of para-hydroxylation sites is 1. The van der Waals surface area contributed by atoms with E-state index in [1.165, 1.54) is 0 Å². The molecule has 6 rings (SSSR count). The molecular weight excluding hydrogens is 414 g/mol. The number of rotatable bonds is 3. The molecule has 0 aliphatic carbocycles. The maximum absolute atomic E-state index is 5.82. The van der Waals surface area contributed by atoms with Crippen LogP contribution in [0.2, 0.25) is 0 Å². The van der Waals surface area contributed by atoms with E-state index in [9.17, 15) is 0 Å². The maximum Gasteiger partial charge on any atom is 0.142 e. The molecule has 0 spiro atoms. The van der Waals surface area contributed by atoms with Crippen molar-refractivity contribution in [3.63, 3.8) is 0 Å². The van der Waals surface area contributed by atoms with Gasteiger partial charge in [0.05, 0.1) is 29.4 Å². The monoisotopic (exact) mass is 437 g/mol. The van der Waals surface area contributed by atoms with Crippen LogP contribution in [0.25, 0.3) is 55.2 Å². The second-order valence-corrected chi connectivity index (χ2v) is 8.44.